The Labute approximate surface area is 155 Å². The average Bonchev–Trinajstić information content (AvgIpc) is 2.88. The van der Waals surface area contributed by atoms with Gasteiger partial charge in [-0.3, -0.25) is 9.59 Å². The number of hydrogen-bond acceptors (Lipinski definition) is 4. The lowest BCUT2D eigenvalue weighted by molar-refractivity contribution is -0.168. The van der Waals surface area contributed by atoms with Crippen molar-refractivity contribution >= 4 is 11.8 Å². The molecule has 0 saturated heterocycles. The van der Waals surface area contributed by atoms with Crippen LogP contribution in [0.5, 0.6) is 0 Å². The monoisotopic (exact) mass is 356 g/mol. The molecule has 0 amide bonds. The van der Waals surface area contributed by atoms with Crippen molar-refractivity contribution < 1.29 is 19.4 Å². The molecule has 0 bridgehead atoms. The van der Waals surface area contributed by atoms with Crippen molar-refractivity contribution in [2.24, 2.45) is 29.1 Å². The minimum Gasteiger partial charge on any atom is -0.445 e. The van der Waals surface area contributed by atoms with Crippen LogP contribution in [0, 0.1) is 41.4 Å². The van der Waals surface area contributed by atoms with Crippen molar-refractivity contribution in [3.8, 4) is 12.3 Å². The van der Waals surface area contributed by atoms with E-state index in [4.69, 9.17) is 11.2 Å². The summed E-state index contributed by atoms with van der Waals surface area (Å²) in [5.41, 5.74) is -0.0924. The first-order chi connectivity index (χ1) is 12.3. The Morgan fingerprint density at radius 2 is 2.08 bits per heavy atom. The summed E-state index contributed by atoms with van der Waals surface area (Å²) in [5, 5.41) is 10.8. The van der Waals surface area contributed by atoms with E-state index in [0.717, 1.165) is 31.3 Å². The number of carbonyl (C=O) groups excluding carboxylic acids is 2. The van der Waals surface area contributed by atoms with Gasteiger partial charge in [0.1, 0.15) is 0 Å². The minimum absolute atomic E-state index is 0.150. The maximum absolute atomic E-state index is 11.8. The first-order valence-corrected chi connectivity index (χ1v) is 9.91. The van der Waals surface area contributed by atoms with E-state index in [-0.39, 0.29) is 17.2 Å². The van der Waals surface area contributed by atoms with E-state index in [1.807, 2.05) is 0 Å². The van der Waals surface area contributed by atoms with Crippen LogP contribution in [-0.2, 0) is 14.3 Å². The summed E-state index contributed by atoms with van der Waals surface area (Å²) in [4.78, 5) is 23.6. The van der Waals surface area contributed by atoms with E-state index in [1.54, 1.807) is 6.08 Å². The quantitative estimate of drug-likeness (QED) is 0.579. The lowest BCUT2D eigenvalue weighted by atomic mass is 9.50. The normalized spacial score (nSPS) is 47.1. The highest BCUT2D eigenvalue weighted by atomic mass is 16.6. The van der Waals surface area contributed by atoms with Crippen LogP contribution in [0.1, 0.15) is 58.8 Å². The second-order valence-electron chi connectivity index (χ2n) is 9.00. The Morgan fingerprint density at radius 1 is 1.31 bits per heavy atom. The smallest absolute Gasteiger partial charge is 0.304 e. The summed E-state index contributed by atoms with van der Waals surface area (Å²) in [6.45, 7) is 3.62. The molecule has 7 atom stereocenters. The number of terminal acetylenes is 1. The lowest BCUT2D eigenvalue weighted by Gasteiger charge is -2.56. The van der Waals surface area contributed by atoms with Gasteiger partial charge in [-0.25, -0.2) is 0 Å². The molecular formula is C22H28O4. The van der Waals surface area contributed by atoms with Crippen LogP contribution >= 0.6 is 0 Å². The molecule has 4 unspecified atom stereocenters. The van der Waals surface area contributed by atoms with Gasteiger partial charge in [0.05, 0.1) is 6.10 Å². The third-order valence-corrected chi connectivity index (χ3v) is 8.02. The van der Waals surface area contributed by atoms with Crippen molar-refractivity contribution in [3.63, 3.8) is 0 Å². The molecule has 4 heteroatoms. The Morgan fingerprint density at radius 3 is 2.77 bits per heavy atom. The molecule has 0 aromatic rings. The predicted octanol–water partition coefficient (Wildman–Crippen LogP) is 3.03. The molecule has 4 nitrogen and oxygen atoms in total. The number of ether oxygens (including phenoxy) is 1. The number of fused-ring (bicyclic) bond motifs is 5. The molecular weight excluding hydrogens is 328 g/mol. The van der Waals surface area contributed by atoms with E-state index >= 15 is 0 Å². The fourth-order valence-corrected chi connectivity index (χ4v) is 6.86. The Bertz CT molecular complexity index is 716. The molecule has 0 spiro atoms. The van der Waals surface area contributed by atoms with Gasteiger partial charge in [0.15, 0.2) is 11.4 Å². The predicted molar refractivity (Wildman–Crippen MR) is 96.8 cm³/mol. The van der Waals surface area contributed by atoms with Gasteiger partial charge in [-0.1, -0.05) is 12.8 Å². The van der Waals surface area contributed by atoms with Gasteiger partial charge in [-0.05, 0) is 73.8 Å². The molecule has 0 aromatic heterocycles. The molecule has 140 valence electrons. The number of aliphatic hydroxyl groups is 1. The highest BCUT2D eigenvalue weighted by Crippen LogP contribution is 2.65. The fraction of sp³-hybridized carbons (Fsp3) is 0.727. The topological polar surface area (TPSA) is 63.6 Å². The molecule has 0 heterocycles. The first kappa shape index (κ1) is 17.8. The van der Waals surface area contributed by atoms with Gasteiger partial charge < -0.3 is 9.84 Å². The Balaban J connectivity index is 1.68. The third-order valence-electron chi connectivity index (χ3n) is 8.02. The fourth-order valence-electron chi connectivity index (χ4n) is 6.86. The number of hydrogen-bond donors (Lipinski definition) is 1. The summed E-state index contributed by atoms with van der Waals surface area (Å²) in [6, 6.07) is 0. The van der Waals surface area contributed by atoms with Crippen molar-refractivity contribution in [1.82, 2.24) is 0 Å². The second-order valence-corrected chi connectivity index (χ2v) is 9.00. The van der Waals surface area contributed by atoms with E-state index in [1.165, 1.54) is 6.92 Å². The number of ketones is 1. The minimum atomic E-state index is -0.821. The number of aliphatic hydroxyl groups excluding tert-OH is 1. The molecule has 3 fully saturated rings. The van der Waals surface area contributed by atoms with E-state index in [9.17, 15) is 14.7 Å². The maximum atomic E-state index is 11.8. The maximum Gasteiger partial charge on any atom is 0.304 e. The molecule has 4 aliphatic rings. The summed E-state index contributed by atoms with van der Waals surface area (Å²) < 4.78 is 5.75. The van der Waals surface area contributed by atoms with Gasteiger partial charge in [0.2, 0.25) is 0 Å². The summed E-state index contributed by atoms with van der Waals surface area (Å²) in [7, 11) is 0. The van der Waals surface area contributed by atoms with E-state index < -0.39 is 11.7 Å². The highest BCUT2D eigenvalue weighted by molar-refractivity contribution is 5.91. The molecule has 4 aliphatic carbocycles. The number of carbonyl (C=O) groups is 2. The number of esters is 1. The van der Waals surface area contributed by atoms with Crippen LogP contribution in [-0.4, -0.2) is 28.6 Å². The summed E-state index contributed by atoms with van der Waals surface area (Å²) in [5.74, 6) is 4.25. The molecule has 26 heavy (non-hydrogen) atoms. The van der Waals surface area contributed by atoms with Crippen LogP contribution in [0.15, 0.2) is 11.6 Å². The highest BCUT2D eigenvalue weighted by Gasteiger charge is 2.64. The molecule has 0 radical (unpaired) electrons. The van der Waals surface area contributed by atoms with Crippen LogP contribution in [0.3, 0.4) is 0 Å². The van der Waals surface area contributed by atoms with Gasteiger partial charge >= 0.3 is 5.97 Å². The van der Waals surface area contributed by atoms with E-state index in [2.05, 4.69) is 12.8 Å². The molecule has 4 rings (SSSR count). The van der Waals surface area contributed by atoms with Gasteiger partial charge in [-0.15, -0.1) is 6.42 Å². The average molecular weight is 356 g/mol. The zero-order valence-electron chi connectivity index (χ0n) is 15.7. The van der Waals surface area contributed by atoms with E-state index in [0.29, 0.717) is 42.9 Å². The Kier molecular flexibility index (Phi) is 4.08. The molecule has 1 N–H and O–H groups in total. The molecule has 3 saturated carbocycles. The van der Waals surface area contributed by atoms with Crippen molar-refractivity contribution in [1.29, 1.82) is 0 Å². The second kappa shape index (κ2) is 5.96. The standard InChI is InChI=1S/C22H28O4/c1-4-22(26-13(2)23)10-8-19-17-12-20(25)18-11-14(24)5-6-15(18)16(17)7-9-21(19,22)3/h1,11,15-17,19-20,25H,5-10,12H2,2-3H3/t15?,16?,17?,19?,20-,21-,22-/m0/s1. The van der Waals surface area contributed by atoms with Crippen LogP contribution in [0.4, 0.5) is 0 Å². The zero-order chi connectivity index (χ0) is 18.7. The van der Waals surface area contributed by atoms with Crippen LogP contribution in [0.25, 0.3) is 0 Å². The third kappa shape index (κ3) is 2.33. The summed E-state index contributed by atoms with van der Waals surface area (Å²) >= 11 is 0. The first-order valence-electron chi connectivity index (χ1n) is 9.91. The van der Waals surface area contributed by atoms with Gasteiger partial charge in [0.25, 0.3) is 0 Å². The summed E-state index contributed by atoms with van der Waals surface area (Å²) in [6.07, 6.45) is 12.8. The SMILES string of the molecule is C#C[C@]1(OC(C)=O)CCC2C3C[C@H](O)C4=CC(=O)CCC4C3CC[C@@]21C. The Hall–Kier alpha value is -1.60. The number of rotatable bonds is 1. The van der Waals surface area contributed by atoms with Crippen molar-refractivity contribution in [2.45, 2.75) is 70.5 Å². The van der Waals surface area contributed by atoms with Gasteiger partial charge in [0, 0.05) is 18.8 Å². The zero-order valence-corrected chi connectivity index (χ0v) is 15.7. The van der Waals surface area contributed by atoms with Crippen LogP contribution < -0.4 is 0 Å². The van der Waals surface area contributed by atoms with Crippen molar-refractivity contribution in [2.75, 3.05) is 0 Å². The largest absolute Gasteiger partial charge is 0.445 e. The van der Waals surface area contributed by atoms with Crippen molar-refractivity contribution in [3.05, 3.63) is 11.6 Å². The lowest BCUT2D eigenvalue weighted by Crippen LogP contribution is -2.55. The van der Waals surface area contributed by atoms with Crippen LogP contribution in [0.2, 0.25) is 0 Å². The molecule has 0 aliphatic heterocycles. The molecule has 0 aromatic carbocycles. The van der Waals surface area contributed by atoms with Gasteiger partial charge in [-0.2, -0.15) is 0 Å².